The molecule has 1 N–H and O–H groups in total. The largest absolute Gasteiger partial charge is 0.340 e. The Kier molecular flexibility index (Phi) is 3.75. The van der Waals surface area contributed by atoms with Crippen molar-refractivity contribution in [2.24, 2.45) is 0 Å². The van der Waals surface area contributed by atoms with Crippen LogP contribution in [0.15, 0.2) is 60.9 Å². The molecule has 0 atom stereocenters. The Morgan fingerprint density at radius 2 is 1.75 bits per heavy atom. The molecule has 0 fully saturated rings. The SMILES string of the molecule is Cc1cccc(Nc2ncnc3sc(C)c(-c4ccccc4)c23)c1. The summed E-state index contributed by atoms with van der Waals surface area (Å²) in [4.78, 5) is 11.3. The third-order valence-electron chi connectivity index (χ3n) is 4.01. The Morgan fingerprint density at radius 3 is 2.54 bits per heavy atom. The molecule has 2 heterocycles. The zero-order valence-corrected chi connectivity index (χ0v) is 14.4. The molecule has 0 aliphatic rings. The maximum atomic E-state index is 4.52. The Balaban J connectivity index is 1.90. The summed E-state index contributed by atoms with van der Waals surface area (Å²) >= 11 is 1.71. The van der Waals surface area contributed by atoms with E-state index < -0.39 is 0 Å². The highest BCUT2D eigenvalue weighted by atomic mass is 32.1. The second-order valence-electron chi connectivity index (χ2n) is 5.80. The van der Waals surface area contributed by atoms with E-state index in [-0.39, 0.29) is 0 Å². The van der Waals surface area contributed by atoms with Gasteiger partial charge in [-0.3, -0.25) is 0 Å². The molecule has 4 rings (SSSR count). The number of aromatic nitrogens is 2. The molecule has 118 valence electrons. The van der Waals surface area contributed by atoms with Crippen LogP contribution in [0.25, 0.3) is 21.3 Å². The smallest absolute Gasteiger partial charge is 0.143 e. The fourth-order valence-corrected chi connectivity index (χ4v) is 3.96. The van der Waals surface area contributed by atoms with E-state index in [9.17, 15) is 0 Å². The summed E-state index contributed by atoms with van der Waals surface area (Å²) in [7, 11) is 0. The predicted molar refractivity (Wildman–Crippen MR) is 102 cm³/mol. The second-order valence-corrected chi connectivity index (χ2v) is 7.00. The topological polar surface area (TPSA) is 37.8 Å². The molecule has 2 aromatic carbocycles. The Hall–Kier alpha value is -2.72. The van der Waals surface area contributed by atoms with Crippen LogP contribution in [0.2, 0.25) is 0 Å². The van der Waals surface area contributed by atoms with Gasteiger partial charge < -0.3 is 5.32 Å². The van der Waals surface area contributed by atoms with Crippen LogP contribution in [0.4, 0.5) is 11.5 Å². The first-order valence-electron chi connectivity index (χ1n) is 7.85. The van der Waals surface area contributed by atoms with E-state index in [0.29, 0.717) is 0 Å². The number of nitrogens with one attached hydrogen (secondary N) is 1. The number of fused-ring (bicyclic) bond motifs is 1. The minimum atomic E-state index is 0.855. The third-order valence-corrected chi connectivity index (χ3v) is 5.02. The molecule has 24 heavy (non-hydrogen) atoms. The number of hydrogen-bond acceptors (Lipinski definition) is 4. The summed E-state index contributed by atoms with van der Waals surface area (Å²) in [5.41, 5.74) is 4.67. The number of hydrogen-bond donors (Lipinski definition) is 1. The van der Waals surface area contributed by atoms with Crippen molar-refractivity contribution in [1.29, 1.82) is 0 Å². The molecule has 2 aromatic heterocycles. The highest BCUT2D eigenvalue weighted by molar-refractivity contribution is 7.19. The van der Waals surface area contributed by atoms with Crippen molar-refractivity contribution >= 4 is 33.1 Å². The Labute approximate surface area is 145 Å². The van der Waals surface area contributed by atoms with Crippen LogP contribution in [0.5, 0.6) is 0 Å². The molecule has 3 nitrogen and oxygen atoms in total. The number of thiophene rings is 1. The molecule has 0 spiro atoms. The normalized spacial score (nSPS) is 10.9. The van der Waals surface area contributed by atoms with E-state index in [4.69, 9.17) is 0 Å². The van der Waals surface area contributed by atoms with E-state index in [0.717, 1.165) is 21.7 Å². The number of aryl methyl sites for hydroxylation is 2. The zero-order chi connectivity index (χ0) is 16.5. The van der Waals surface area contributed by atoms with Crippen LogP contribution in [-0.4, -0.2) is 9.97 Å². The maximum absolute atomic E-state index is 4.52. The van der Waals surface area contributed by atoms with E-state index >= 15 is 0 Å². The minimum absolute atomic E-state index is 0.855. The lowest BCUT2D eigenvalue weighted by Crippen LogP contribution is -1.96. The molecular formula is C20H17N3S. The van der Waals surface area contributed by atoms with Gasteiger partial charge in [-0.1, -0.05) is 42.5 Å². The second kappa shape index (κ2) is 6.06. The fraction of sp³-hybridized carbons (Fsp3) is 0.100. The number of benzene rings is 2. The van der Waals surface area contributed by atoms with Gasteiger partial charge in [-0.15, -0.1) is 11.3 Å². The van der Waals surface area contributed by atoms with E-state index in [1.54, 1.807) is 17.7 Å². The fourth-order valence-electron chi connectivity index (χ4n) is 2.95. The van der Waals surface area contributed by atoms with E-state index in [1.807, 2.05) is 12.1 Å². The van der Waals surface area contributed by atoms with Gasteiger partial charge in [-0.2, -0.15) is 0 Å². The highest BCUT2D eigenvalue weighted by Gasteiger charge is 2.16. The molecule has 0 radical (unpaired) electrons. The van der Waals surface area contributed by atoms with E-state index in [1.165, 1.54) is 21.6 Å². The van der Waals surface area contributed by atoms with Crippen LogP contribution < -0.4 is 5.32 Å². The van der Waals surface area contributed by atoms with Crippen LogP contribution >= 0.6 is 11.3 Å². The average Bonchev–Trinajstić information content (AvgIpc) is 2.93. The monoisotopic (exact) mass is 331 g/mol. The average molecular weight is 331 g/mol. The van der Waals surface area contributed by atoms with Crippen LogP contribution in [0.1, 0.15) is 10.4 Å². The molecule has 4 heteroatoms. The maximum Gasteiger partial charge on any atom is 0.143 e. The standard InChI is InChI=1S/C20H17N3S/c1-13-7-6-10-16(11-13)23-19-18-17(15-8-4-3-5-9-15)14(2)24-20(18)22-12-21-19/h3-12H,1-2H3,(H,21,22,23). The predicted octanol–water partition coefficient (Wildman–Crippen LogP) is 5.72. The minimum Gasteiger partial charge on any atom is -0.340 e. The van der Waals surface area contributed by atoms with Gasteiger partial charge in [0.1, 0.15) is 17.0 Å². The molecule has 0 aliphatic heterocycles. The Bertz CT molecular complexity index is 1010. The van der Waals surface area contributed by atoms with Gasteiger partial charge in [0.25, 0.3) is 0 Å². The van der Waals surface area contributed by atoms with Crippen molar-refractivity contribution in [1.82, 2.24) is 9.97 Å². The highest BCUT2D eigenvalue weighted by Crippen LogP contribution is 2.40. The van der Waals surface area contributed by atoms with Gasteiger partial charge in [0.15, 0.2) is 0 Å². The van der Waals surface area contributed by atoms with Crippen molar-refractivity contribution in [2.75, 3.05) is 5.32 Å². The van der Waals surface area contributed by atoms with Crippen LogP contribution in [-0.2, 0) is 0 Å². The molecule has 0 saturated heterocycles. The lowest BCUT2D eigenvalue weighted by molar-refractivity contribution is 1.23. The van der Waals surface area contributed by atoms with Crippen molar-refractivity contribution in [2.45, 2.75) is 13.8 Å². The number of rotatable bonds is 3. The van der Waals surface area contributed by atoms with Gasteiger partial charge in [0.05, 0.1) is 5.39 Å². The molecule has 0 bridgehead atoms. The summed E-state index contributed by atoms with van der Waals surface area (Å²) in [5, 5.41) is 4.56. The molecule has 0 aliphatic carbocycles. The first-order valence-corrected chi connectivity index (χ1v) is 8.67. The molecule has 0 amide bonds. The summed E-state index contributed by atoms with van der Waals surface area (Å²) in [6, 6.07) is 18.8. The molecule has 0 unspecified atom stereocenters. The lowest BCUT2D eigenvalue weighted by atomic mass is 10.0. The van der Waals surface area contributed by atoms with E-state index in [2.05, 4.69) is 71.6 Å². The van der Waals surface area contributed by atoms with Crippen molar-refractivity contribution in [3.8, 4) is 11.1 Å². The molecule has 0 saturated carbocycles. The van der Waals surface area contributed by atoms with Crippen molar-refractivity contribution in [3.63, 3.8) is 0 Å². The number of anilines is 2. The van der Waals surface area contributed by atoms with Crippen LogP contribution in [0, 0.1) is 13.8 Å². The summed E-state index contributed by atoms with van der Waals surface area (Å²) in [6.07, 6.45) is 1.63. The summed E-state index contributed by atoms with van der Waals surface area (Å²) in [5.74, 6) is 0.855. The first-order chi connectivity index (χ1) is 11.7. The third kappa shape index (κ3) is 2.65. The van der Waals surface area contributed by atoms with Crippen molar-refractivity contribution in [3.05, 3.63) is 71.4 Å². The van der Waals surface area contributed by atoms with Gasteiger partial charge in [0.2, 0.25) is 0 Å². The summed E-state index contributed by atoms with van der Waals surface area (Å²) in [6.45, 7) is 4.23. The lowest BCUT2D eigenvalue weighted by Gasteiger charge is -2.09. The molecular weight excluding hydrogens is 314 g/mol. The van der Waals surface area contributed by atoms with Gasteiger partial charge in [-0.25, -0.2) is 9.97 Å². The van der Waals surface area contributed by atoms with Gasteiger partial charge in [-0.05, 0) is 37.1 Å². The zero-order valence-electron chi connectivity index (χ0n) is 13.6. The number of nitrogens with zero attached hydrogens (tertiary/aromatic N) is 2. The summed E-state index contributed by atoms with van der Waals surface area (Å²) < 4.78 is 0. The van der Waals surface area contributed by atoms with Gasteiger partial charge in [0, 0.05) is 16.1 Å². The first kappa shape index (κ1) is 14.8. The molecule has 4 aromatic rings. The van der Waals surface area contributed by atoms with Crippen molar-refractivity contribution < 1.29 is 0 Å². The quantitative estimate of drug-likeness (QED) is 0.522. The van der Waals surface area contributed by atoms with Crippen LogP contribution in [0.3, 0.4) is 0 Å². The Morgan fingerprint density at radius 1 is 0.917 bits per heavy atom. The van der Waals surface area contributed by atoms with Gasteiger partial charge >= 0.3 is 0 Å².